The monoisotopic (exact) mass is 530 g/mol. The molecule has 0 bridgehead atoms. The molecule has 178 valence electrons. The van der Waals surface area contributed by atoms with Crippen LogP contribution < -0.4 is 0 Å². The first kappa shape index (κ1) is 23.2. The minimum Gasteiger partial charge on any atom is -0.301 e. The number of aromatic nitrogens is 8. The van der Waals surface area contributed by atoms with Gasteiger partial charge in [0.2, 0.25) is 0 Å². The number of aryl methyl sites for hydroxylation is 3. The zero-order valence-corrected chi connectivity index (χ0v) is 21.2. The number of tetrazole rings is 1. The predicted octanol–water partition coefficient (Wildman–Crippen LogP) is 5.19. The molecule has 0 radical (unpaired) electrons. The van der Waals surface area contributed by atoms with E-state index in [0.717, 1.165) is 59.7 Å². The van der Waals surface area contributed by atoms with Crippen LogP contribution in [0.2, 0.25) is 0 Å². The molecule has 3 heterocycles. The van der Waals surface area contributed by atoms with Gasteiger partial charge in [-0.1, -0.05) is 55.8 Å². The molecule has 0 aliphatic heterocycles. The molecule has 0 spiro atoms. The van der Waals surface area contributed by atoms with Crippen molar-refractivity contribution in [3.05, 3.63) is 94.1 Å². The number of hydrogen-bond acceptors (Lipinski definition) is 5. The Labute approximate surface area is 212 Å². The van der Waals surface area contributed by atoms with E-state index in [0.29, 0.717) is 12.4 Å². The van der Waals surface area contributed by atoms with E-state index in [1.54, 1.807) is 0 Å². The second kappa shape index (κ2) is 10.8. The summed E-state index contributed by atoms with van der Waals surface area (Å²) in [7, 11) is 0. The van der Waals surface area contributed by atoms with E-state index < -0.39 is 0 Å². The average molecular weight is 531 g/mol. The van der Waals surface area contributed by atoms with Gasteiger partial charge in [-0.15, -0.1) is 5.10 Å². The smallest absolute Gasteiger partial charge is 0.196 e. The fraction of sp³-hybridized carbons (Fsp3) is 0.269. The molecule has 3 aromatic heterocycles. The Morgan fingerprint density at radius 1 is 0.886 bits per heavy atom. The number of unbranched alkanes of at least 4 members (excludes halogenated alkanes) is 1. The van der Waals surface area contributed by atoms with Gasteiger partial charge in [-0.2, -0.15) is 5.10 Å². The number of hydrogen-bond donors (Lipinski definition) is 1. The van der Waals surface area contributed by atoms with Crippen molar-refractivity contribution in [3.8, 4) is 17.2 Å². The Hall–Kier alpha value is -3.59. The van der Waals surface area contributed by atoms with Crippen LogP contribution in [-0.2, 0) is 25.8 Å². The predicted molar refractivity (Wildman–Crippen MR) is 138 cm³/mol. The summed E-state index contributed by atoms with van der Waals surface area (Å²) in [6.45, 7) is 2.90. The van der Waals surface area contributed by atoms with Gasteiger partial charge in [0.15, 0.2) is 11.6 Å². The number of H-pyrrole nitrogens is 1. The Balaban J connectivity index is 1.34. The highest BCUT2D eigenvalue weighted by Crippen LogP contribution is 2.27. The van der Waals surface area contributed by atoms with E-state index in [9.17, 15) is 0 Å². The topological polar surface area (TPSA) is 90.1 Å². The van der Waals surface area contributed by atoms with Crippen LogP contribution in [0.5, 0.6) is 0 Å². The zero-order valence-electron chi connectivity index (χ0n) is 19.6. The molecule has 0 saturated heterocycles. The quantitative estimate of drug-likeness (QED) is 0.268. The lowest BCUT2D eigenvalue weighted by Crippen LogP contribution is -2.08. The Bertz CT molecular complexity index is 1350. The van der Waals surface area contributed by atoms with E-state index in [1.807, 2.05) is 18.2 Å². The highest BCUT2D eigenvalue weighted by molar-refractivity contribution is 9.10. The third-order valence-electron chi connectivity index (χ3n) is 5.97. The van der Waals surface area contributed by atoms with Gasteiger partial charge in [-0.05, 0) is 74.6 Å². The Morgan fingerprint density at radius 2 is 1.71 bits per heavy atom. The molecule has 0 fully saturated rings. The molecule has 0 atom stereocenters. The van der Waals surface area contributed by atoms with Gasteiger partial charge >= 0.3 is 0 Å². The first-order valence-corrected chi connectivity index (χ1v) is 12.7. The summed E-state index contributed by atoms with van der Waals surface area (Å²) in [5, 5.41) is 19.2. The molecule has 0 unspecified atom stereocenters. The molecule has 1 N–H and O–H groups in total. The number of nitrogens with one attached hydrogen (secondary N) is 1. The summed E-state index contributed by atoms with van der Waals surface area (Å²) in [4.78, 5) is 4.89. The van der Waals surface area contributed by atoms with Crippen molar-refractivity contribution in [1.29, 1.82) is 0 Å². The van der Waals surface area contributed by atoms with Crippen molar-refractivity contribution in [2.24, 2.45) is 0 Å². The molecular weight excluding hydrogens is 504 g/mol. The van der Waals surface area contributed by atoms with Crippen LogP contribution in [0.4, 0.5) is 0 Å². The van der Waals surface area contributed by atoms with Gasteiger partial charge in [0.25, 0.3) is 0 Å². The fourth-order valence-corrected chi connectivity index (χ4v) is 4.66. The second-order valence-electron chi connectivity index (χ2n) is 8.48. The van der Waals surface area contributed by atoms with Gasteiger partial charge in [0.1, 0.15) is 5.82 Å². The maximum atomic E-state index is 4.89. The van der Waals surface area contributed by atoms with Crippen molar-refractivity contribution in [3.63, 3.8) is 0 Å². The molecule has 5 aromatic rings. The van der Waals surface area contributed by atoms with Crippen LogP contribution in [0.25, 0.3) is 17.2 Å². The number of halogens is 1. The van der Waals surface area contributed by atoms with Crippen molar-refractivity contribution in [2.45, 2.75) is 45.6 Å². The summed E-state index contributed by atoms with van der Waals surface area (Å²) < 4.78 is 5.07. The van der Waals surface area contributed by atoms with E-state index >= 15 is 0 Å². The van der Waals surface area contributed by atoms with Gasteiger partial charge < -0.3 is 4.57 Å². The first-order chi connectivity index (χ1) is 17.2. The molecule has 0 aliphatic carbocycles. The SMILES string of the molecule is CCCCc1nc(CCc2ccccc2)nn1Cc1ccc(-n2c(Br)ccc2-c2nnn[nH]2)cc1. The molecule has 5 rings (SSSR count). The van der Waals surface area contributed by atoms with E-state index in [4.69, 9.17) is 10.1 Å². The van der Waals surface area contributed by atoms with Crippen LogP contribution in [-0.4, -0.2) is 40.0 Å². The minimum atomic E-state index is 0.617. The van der Waals surface area contributed by atoms with Crippen LogP contribution >= 0.6 is 15.9 Å². The van der Waals surface area contributed by atoms with Gasteiger partial charge in [-0.25, -0.2) is 14.8 Å². The summed E-state index contributed by atoms with van der Waals surface area (Å²) >= 11 is 3.64. The highest BCUT2D eigenvalue weighted by Gasteiger charge is 2.14. The first-order valence-electron chi connectivity index (χ1n) is 11.9. The number of rotatable bonds is 10. The standard InChI is InChI=1S/C26H27BrN8/c1-2-3-9-25-28-24(17-12-19-7-5-4-6-8-19)31-34(25)18-20-10-13-21(14-11-20)35-22(15-16-23(35)27)26-29-32-33-30-26/h4-8,10-11,13-16H,2-3,9,12,17-18H2,1H3,(H,29,30,32,33). The van der Waals surface area contributed by atoms with Gasteiger partial charge in [-0.3, -0.25) is 0 Å². The van der Waals surface area contributed by atoms with Crippen molar-refractivity contribution >= 4 is 15.9 Å². The molecular formula is C26H27BrN8. The number of aromatic amines is 1. The fourth-order valence-electron chi connectivity index (χ4n) is 4.13. The van der Waals surface area contributed by atoms with Gasteiger partial charge in [0.05, 0.1) is 16.8 Å². The largest absolute Gasteiger partial charge is 0.301 e. The normalized spacial score (nSPS) is 11.3. The zero-order chi connectivity index (χ0) is 24.0. The summed E-state index contributed by atoms with van der Waals surface area (Å²) in [6, 6.07) is 23.0. The van der Waals surface area contributed by atoms with E-state index in [-0.39, 0.29) is 0 Å². The molecule has 2 aromatic carbocycles. The third-order valence-corrected chi connectivity index (χ3v) is 6.59. The molecule has 0 saturated carbocycles. The average Bonchev–Trinajstić information content (AvgIpc) is 3.63. The van der Waals surface area contributed by atoms with Crippen LogP contribution in [0.1, 0.15) is 42.5 Å². The summed E-state index contributed by atoms with van der Waals surface area (Å²) in [6.07, 6.45) is 4.97. The van der Waals surface area contributed by atoms with E-state index in [1.165, 1.54) is 11.1 Å². The van der Waals surface area contributed by atoms with Crippen LogP contribution in [0.3, 0.4) is 0 Å². The summed E-state index contributed by atoms with van der Waals surface area (Å²) in [5.41, 5.74) is 4.39. The highest BCUT2D eigenvalue weighted by atomic mass is 79.9. The second-order valence-corrected chi connectivity index (χ2v) is 9.30. The Kier molecular flexibility index (Phi) is 7.13. The van der Waals surface area contributed by atoms with Crippen LogP contribution in [0, 0.1) is 0 Å². The maximum Gasteiger partial charge on any atom is 0.196 e. The minimum absolute atomic E-state index is 0.617. The third kappa shape index (κ3) is 5.40. The maximum absolute atomic E-state index is 4.89. The number of benzene rings is 2. The van der Waals surface area contributed by atoms with Crippen molar-refractivity contribution in [1.82, 2.24) is 40.0 Å². The van der Waals surface area contributed by atoms with Crippen LogP contribution in [0.15, 0.2) is 71.3 Å². The van der Waals surface area contributed by atoms with Crippen molar-refractivity contribution < 1.29 is 0 Å². The lowest BCUT2D eigenvalue weighted by atomic mass is 10.1. The molecule has 8 nitrogen and oxygen atoms in total. The molecule has 0 aliphatic rings. The van der Waals surface area contributed by atoms with Crippen molar-refractivity contribution in [2.75, 3.05) is 0 Å². The molecule has 35 heavy (non-hydrogen) atoms. The van der Waals surface area contributed by atoms with Gasteiger partial charge in [0, 0.05) is 18.5 Å². The summed E-state index contributed by atoms with van der Waals surface area (Å²) in [5.74, 6) is 2.59. The Morgan fingerprint density at radius 3 is 2.46 bits per heavy atom. The van der Waals surface area contributed by atoms with E-state index in [2.05, 4.69) is 101 Å². The lowest BCUT2D eigenvalue weighted by Gasteiger charge is -2.11. The number of nitrogens with zero attached hydrogens (tertiary/aromatic N) is 7. The molecule has 0 amide bonds. The lowest BCUT2D eigenvalue weighted by molar-refractivity contribution is 0.613. The molecule has 9 heteroatoms.